The van der Waals surface area contributed by atoms with Crippen molar-refractivity contribution in [1.82, 2.24) is 10.2 Å². The molecule has 4 saturated carbocycles. The molecule has 5 aliphatic rings. The van der Waals surface area contributed by atoms with Crippen molar-refractivity contribution < 1.29 is 9.53 Å². The molecule has 6 rings (SSSR count). The second-order valence-corrected chi connectivity index (χ2v) is 9.81. The second kappa shape index (κ2) is 7.82. The van der Waals surface area contributed by atoms with Crippen LogP contribution in [-0.2, 0) is 4.79 Å². The number of methoxy groups -OCH3 is 1. The van der Waals surface area contributed by atoms with Crippen molar-refractivity contribution in [2.75, 3.05) is 51.3 Å². The minimum Gasteiger partial charge on any atom is -0.495 e. The van der Waals surface area contributed by atoms with Gasteiger partial charge in [-0.15, -0.1) is 0 Å². The lowest BCUT2D eigenvalue weighted by Crippen LogP contribution is -2.47. The van der Waals surface area contributed by atoms with Crippen LogP contribution in [0.15, 0.2) is 24.3 Å². The molecule has 1 aromatic rings. The molecule has 5 nitrogen and oxygen atoms in total. The van der Waals surface area contributed by atoms with Crippen LogP contribution in [0.5, 0.6) is 5.75 Å². The summed E-state index contributed by atoms with van der Waals surface area (Å²) in [5.74, 6) is 3.72. The number of rotatable bonds is 7. The van der Waals surface area contributed by atoms with Gasteiger partial charge in [-0.2, -0.15) is 0 Å². The highest BCUT2D eigenvalue weighted by atomic mass is 16.5. The van der Waals surface area contributed by atoms with Gasteiger partial charge in [-0.3, -0.25) is 9.69 Å². The normalized spacial score (nSPS) is 33.3. The van der Waals surface area contributed by atoms with Crippen molar-refractivity contribution in [2.24, 2.45) is 23.2 Å². The maximum Gasteiger partial charge on any atom is 0.226 e. The fraction of sp³-hybridized carbons (Fsp3) is 0.708. The van der Waals surface area contributed by atoms with Crippen molar-refractivity contribution in [3.05, 3.63) is 24.3 Å². The van der Waals surface area contributed by atoms with E-state index in [1.54, 1.807) is 7.11 Å². The molecule has 1 N–H and O–H groups in total. The quantitative estimate of drug-likeness (QED) is 0.718. The molecular formula is C24H35N3O2. The number of carbonyl (C=O) groups excluding carboxylic acids is 1. The lowest BCUT2D eigenvalue weighted by Gasteiger charge is -2.36. The first-order valence-corrected chi connectivity index (χ1v) is 11.6. The third-order valence-corrected chi connectivity index (χ3v) is 8.18. The van der Waals surface area contributed by atoms with Gasteiger partial charge in [-0.1, -0.05) is 12.1 Å². The Hall–Kier alpha value is -1.75. The van der Waals surface area contributed by atoms with Gasteiger partial charge in [0.25, 0.3) is 0 Å². The molecule has 4 bridgehead atoms. The van der Waals surface area contributed by atoms with Gasteiger partial charge >= 0.3 is 0 Å². The van der Waals surface area contributed by atoms with E-state index in [1.807, 2.05) is 12.1 Å². The molecule has 29 heavy (non-hydrogen) atoms. The Morgan fingerprint density at radius 2 is 1.83 bits per heavy atom. The predicted octanol–water partition coefficient (Wildman–Crippen LogP) is 3.15. The van der Waals surface area contributed by atoms with Crippen molar-refractivity contribution in [2.45, 2.75) is 38.5 Å². The fourth-order valence-electron chi connectivity index (χ4n) is 6.95. The van der Waals surface area contributed by atoms with Gasteiger partial charge in [0.05, 0.1) is 18.2 Å². The molecule has 4 atom stereocenters. The summed E-state index contributed by atoms with van der Waals surface area (Å²) in [4.78, 5) is 17.9. The van der Waals surface area contributed by atoms with E-state index >= 15 is 0 Å². The Morgan fingerprint density at radius 1 is 1.10 bits per heavy atom. The molecule has 5 heteroatoms. The first-order valence-electron chi connectivity index (χ1n) is 11.6. The van der Waals surface area contributed by atoms with E-state index in [9.17, 15) is 4.79 Å². The van der Waals surface area contributed by atoms with Crippen LogP contribution in [-0.4, -0.2) is 57.2 Å². The number of hydrogen-bond acceptors (Lipinski definition) is 4. The maximum atomic E-state index is 13.0. The average Bonchev–Trinajstić information content (AvgIpc) is 3.16. The van der Waals surface area contributed by atoms with Gasteiger partial charge < -0.3 is 15.0 Å². The highest BCUT2D eigenvalue weighted by Gasteiger charge is 2.61. The molecular weight excluding hydrogens is 362 g/mol. The number of nitrogens with one attached hydrogen (secondary N) is 1. The van der Waals surface area contributed by atoms with Crippen LogP contribution in [0, 0.1) is 23.2 Å². The molecule has 1 saturated heterocycles. The summed E-state index contributed by atoms with van der Waals surface area (Å²) in [7, 11) is 1.74. The fourth-order valence-corrected chi connectivity index (χ4v) is 6.95. The van der Waals surface area contributed by atoms with Crippen molar-refractivity contribution >= 4 is 11.6 Å². The molecule has 1 aliphatic heterocycles. The average molecular weight is 398 g/mol. The Morgan fingerprint density at radius 3 is 2.55 bits per heavy atom. The van der Waals surface area contributed by atoms with Crippen molar-refractivity contribution in [3.8, 4) is 5.75 Å². The number of amides is 1. The molecule has 0 aromatic heterocycles. The van der Waals surface area contributed by atoms with Crippen LogP contribution in [0.1, 0.15) is 38.5 Å². The predicted molar refractivity (Wildman–Crippen MR) is 115 cm³/mol. The molecule has 158 valence electrons. The highest BCUT2D eigenvalue weighted by Crippen LogP contribution is 2.65. The Bertz CT molecular complexity index is 729. The van der Waals surface area contributed by atoms with Crippen LogP contribution in [0.4, 0.5) is 5.69 Å². The number of anilines is 1. The van der Waals surface area contributed by atoms with Crippen molar-refractivity contribution in [3.63, 3.8) is 0 Å². The van der Waals surface area contributed by atoms with E-state index in [0.29, 0.717) is 11.8 Å². The summed E-state index contributed by atoms with van der Waals surface area (Å²) in [6.45, 7) is 6.10. The first-order chi connectivity index (χ1) is 14.2. The number of carbonyl (C=O) groups is 1. The third kappa shape index (κ3) is 3.52. The standard InChI is InChI=1S/C24H35N3O2/c1-29-22-6-3-2-5-21(22)27-11-9-26(10-12-27)8-4-7-25-23(28)24-16-18-13-19(17-24)15-20(24)14-18/h2-3,5-6,18-20H,4,7-17H2,1H3,(H,25,28)/t18-,19?,20?,24?/m0/s1. The topological polar surface area (TPSA) is 44.8 Å². The summed E-state index contributed by atoms with van der Waals surface area (Å²) < 4.78 is 5.51. The van der Waals surface area contributed by atoms with Gasteiger partial charge in [0, 0.05) is 32.7 Å². The Labute approximate surface area is 174 Å². The minimum atomic E-state index is 0.0218. The SMILES string of the molecule is COc1ccccc1N1CCN(CCCNC(=O)C23CC4CC2C[C@H](C4)C3)CC1. The largest absolute Gasteiger partial charge is 0.495 e. The summed E-state index contributed by atoms with van der Waals surface area (Å²) in [5, 5.41) is 3.32. The van der Waals surface area contributed by atoms with Gasteiger partial charge in [0.2, 0.25) is 5.91 Å². The molecule has 1 heterocycles. The number of piperazine rings is 1. The maximum absolute atomic E-state index is 13.0. The van der Waals surface area contributed by atoms with Gasteiger partial charge in [-0.25, -0.2) is 0 Å². The smallest absolute Gasteiger partial charge is 0.226 e. The van der Waals surface area contributed by atoms with Gasteiger partial charge in [-0.05, 0) is 75.0 Å². The van der Waals surface area contributed by atoms with E-state index in [1.165, 1.54) is 37.8 Å². The molecule has 0 spiro atoms. The number of hydrogen-bond donors (Lipinski definition) is 1. The van der Waals surface area contributed by atoms with E-state index in [0.717, 1.165) is 63.3 Å². The molecule has 4 aliphatic carbocycles. The zero-order chi connectivity index (χ0) is 19.8. The zero-order valence-electron chi connectivity index (χ0n) is 17.7. The van der Waals surface area contributed by atoms with E-state index < -0.39 is 0 Å². The Balaban J connectivity index is 1.04. The molecule has 1 aromatic carbocycles. The molecule has 0 radical (unpaired) electrons. The zero-order valence-corrected chi connectivity index (χ0v) is 17.7. The van der Waals surface area contributed by atoms with Crippen LogP contribution in [0.25, 0.3) is 0 Å². The summed E-state index contributed by atoms with van der Waals surface area (Å²) in [6, 6.07) is 8.28. The van der Waals surface area contributed by atoms with E-state index in [4.69, 9.17) is 4.74 Å². The number of benzene rings is 1. The van der Waals surface area contributed by atoms with E-state index in [2.05, 4.69) is 27.2 Å². The molecule has 1 amide bonds. The van der Waals surface area contributed by atoms with Crippen molar-refractivity contribution in [1.29, 1.82) is 0 Å². The van der Waals surface area contributed by atoms with Gasteiger partial charge in [0.15, 0.2) is 0 Å². The van der Waals surface area contributed by atoms with Crippen LogP contribution in [0.2, 0.25) is 0 Å². The summed E-state index contributed by atoms with van der Waals surface area (Å²) in [5.41, 5.74) is 1.22. The summed E-state index contributed by atoms with van der Waals surface area (Å²) in [6.07, 6.45) is 7.43. The first kappa shape index (κ1) is 19.2. The van der Waals surface area contributed by atoms with Crippen LogP contribution >= 0.6 is 0 Å². The monoisotopic (exact) mass is 397 g/mol. The Kier molecular flexibility index (Phi) is 5.19. The van der Waals surface area contributed by atoms with Crippen LogP contribution in [0.3, 0.4) is 0 Å². The third-order valence-electron chi connectivity index (χ3n) is 8.18. The summed E-state index contributed by atoms with van der Waals surface area (Å²) >= 11 is 0. The van der Waals surface area contributed by atoms with E-state index in [-0.39, 0.29) is 5.41 Å². The lowest BCUT2D eigenvalue weighted by atomic mass is 9.75. The number of ether oxygens (including phenoxy) is 1. The molecule has 3 unspecified atom stereocenters. The van der Waals surface area contributed by atoms with Gasteiger partial charge in [0.1, 0.15) is 5.75 Å². The highest BCUT2D eigenvalue weighted by molar-refractivity contribution is 5.84. The number of para-hydroxylation sites is 2. The molecule has 5 fully saturated rings. The number of nitrogens with zero attached hydrogens (tertiary/aromatic N) is 2. The lowest BCUT2D eigenvalue weighted by molar-refractivity contribution is -0.132. The van der Waals surface area contributed by atoms with Crippen LogP contribution < -0.4 is 15.0 Å². The second-order valence-electron chi connectivity index (χ2n) is 9.81. The minimum absolute atomic E-state index is 0.0218.